The maximum atomic E-state index is 11.4. The zero-order valence-corrected chi connectivity index (χ0v) is 8.83. The third kappa shape index (κ3) is 4.23. The SMILES string of the molecule is CC[C@@H](NC(=O)C(C)CNC)C(=O)O. The van der Waals surface area contributed by atoms with E-state index >= 15 is 0 Å². The highest BCUT2D eigenvalue weighted by molar-refractivity contribution is 5.84. The Bertz CT molecular complexity index is 206. The van der Waals surface area contributed by atoms with Crippen LogP contribution in [-0.2, 0) is 9.59 Å². The summed E-state index contributed by atoms with van der Waals surface area (Å²) in [6, 6.07) is -0.776. The maximum Gasteiger partial charge on any atom is 0.326 e. The second-order valence-corrected chi connectivity index (χ2v) is 3.27. The molecule has 0 aliphatic heterocycles. The van der Waals surface area contributed by atoms with Gasteiger partial charge < -0.3 is 15.7 Å². The Balaban J connectivity index is 4.08. The molecule has 0 saturated carbocycles. The van der Waals surface area contributed by atoms with Crippen LogP contribution in [0.15, 0.2) is 0 Å². The van der Waals surface area contributed by atoms with Crippen LogP contribution < -0.4 is 10.6 Å². The summed E-state index contributed by atoms with van der Waals surface area (Å²) in [6.07, 6.45) is 0.396. The molecule has 0 aliphatic carbocycles. The topological polar surface area (TPSA) is 78.4 Å². The van der Waals surface area contributed by atoms with Crippen molar-refractivity contribution in [2.75, 3.05) is 13.6 Å². The van der Waals surface area contributed by atoms with Crippen molar-refractivity contribution in [2.45, 2.75) is 26.3 Å². The molecular weight excluding hydrogens is 184 g/mol. The van der Waals surface area contributed by atoms with Crippen molar-refractivity contribution in [3.05, 3.63) is 0 Å². The van der Waals surface area contributed by atoms with Gasteiger partial charge in [0.1, 0.15) is 6.04 Å². The van der Waals surface area contributed by atoms with Gasteiger partial charge in [0.2, 0.25) is 5.91 Å². The molecule has 2 atom stereocenters. The molecular formula is C9H18N2O3. The first-order valence-corrected chi connectivity index (χ1v) is 4.70. The molecule has 0 radical (unpaired) electrons. The molecule has 1 unspecified atom stereocenters. The molecule has 5 heteroatoms. The van der Waals surface area contributed by atoms with Gasteiger partial charge in [0.15, 0.2) is 0 Å². The minimum Gasteiger partial charge on any atom is -0.480 e. The zero-order valence-electron chi connectivity index (χ0n) is 8.83. The second-order valence-electron chi connectivity index (χ2n) is 3.27. The molecule has 3 N–H and O–H groups in total. The van der Waals surface area contributed by atoms with E-state index in [2.05, 4.69) is 10.6 Å². The van der Waals surface area contributed by atoms with Crippen molar-refractivity contribution < 1.29 is 14.7 Å². The number of hydrogen-bond donors (Lipinski definition) is 3. The highest BCUT2D eigenvalue weighted by atomic mass is 16.4. The van der Waals surface area contributed by atoms with Crippen LogP contribution in [0.2, 0.25) is 0 Å². The quantitative estimate of drug-likeness (QED) is 0.558. The first kappa shape index (κ1) is 12.9. The third-order valence-electron chi connectivity index (χ3n) is 1.98. The van der Waals surface area contributed by atoms with E-state index < -0.39 is 12.0 Å². The summed E-state index contributed by atoms with van der Waals surface area (Å²) in [7, 11) is 1.75. The summed E-state index contributed by atoms with van der Waals surface area (Å²) in [5.41, 5.74) is 0. The van der Waals surface area contributed by atoms with E-state index in [1.165, 1.54) is 0 Å². The van der Waals surface area contributed by atoms with Gasteiger partial charge >= 0.3 is 5.97 Å². The Morgan fingerprint density at radius 2 is 2.00 bits per heavy atom. The monoisotopic (exact) mass is 202 g/mol. The second kappa shape index (κ2) is 6.37. The van der Waals surface area contributed by atoms with E-state index in [1.807, 2.05) is 0 Å². The van der Waals surface area contributed by atoms with Gasteiger partial charge in [-0.25, -0.2) is 4.79 Å². The number of amides is 1. The number of carbonyl (C=O) groups excluding carboxylic acids is 1. The van der Waals surface area contributed by atoms with E-state index in [1.54, 1.807) is 20.9 Å². The average molecular weight is 202 g/mol. The van der Waals surface area contributed by atoms with Gasteiger partial charge in [-0.2, -0.15) is 0 Å². The van der Waals surface area contributed by atoms with Crippen molar-refractivity contribution >= 4 is 11.9 Å². The van der Waals surface area contributed by atoms with Crippen LogP contribution in [0, 0.1) is 5.92 Å². The maximum absolute atomic E-state index is 11.4. The summed E-state index contributed by atoms with van der Waals surface area (Å²) in [6.45, 7) is 4.02. The Kier molecular flexibility index (Phi) is 5.87. The Morgan fingerprint density at radius 3 is 2.36 bits per heavy atom. The minimum absolute atomic E-state index is 0.214. The largest absolute Gasteiger partial charge is 0.480 e. The molecule has 0 bridgehead atoms. The van der Waals surface area contributed by atoms with E-state index in [9.17, 15) is 9.59 Å². The predicted molar refractivity (Wildman–Crippen MR) is 52.9 cm³/mol. The van der Waals surface area contributed by atoms with Crippen LogP contribution in [0.3, 0.4) is 0 Å². The fourth-order valence-electron chi connectivity index (χ4n) is 1.05. The third-order valence-corrected chi connectivity index (χ3v) is 1.98. The van der Waals surface area contributed by atoms with Crippen LogP contribution >= 0.6 is 0 Å². The highest BCUT2D eigenvalue weighted by Gasteiger charge is 2.20. The minimum atomic E-state index is -0.988. The standard InChI is InChI=1S/C9H18N2O3/c1-4-7(9(13)14)11-8(12)6(2)5-10-3/h6-7,10H,4-5H2,1-3H3,(H,11,12)(H,13,14)/t6?,7-/m1/s1. The number of carbonyl (C=O) groups is 2. The van der Waals surface area contributed by atoms with E-state index in [0.717, 1.165) is 0 Å². The van der Waals surface area contributed by atoms with Crippen LogP contribution in [-0.4, -0.2) is 36.6 Å². The normalized spacial score (nSPS) is 14.5. The van der Waals surface area contributed by atoms with Crippen LogP contribution in [0.25, 0.3) is 0 Å². The van der Waals surface area contributed by atoms with Crippen LogP contribution in [0.4, 0.5) is 0 Å². The summed E-state index contributed by atoms with van der Waals surface area (Å²) in [5.74, 6) is -1.43. The molecule has 14 heavy (non-hydrogen) atoms. The lowest BCUT2D eigenvalue weighted by Gasteiger charge is -2.16. The van der Waals surface area contributed by atoms with Crippen LogP contribution in [0.1, 0.15) is 20.3 Å². The van der Waals surface area contributed by atoms with Crippen molar-refractivity contribution in [2.24, 2.45) is 5.92 Å². The molecule has 0 aliphatic rings. The first-order valence-electron chi connectivity index (χ1n) is 4.70. The number of rotatable bonds is 6. The van der Waals surface area contributed by atoms with Gasteiger partial charge in [-0.3, -0.25) is 4.79 Å². The average Bonchev–Trinajstić information content (AvgIpc) is 2.13. The van der Waals surface area contributed by atoms with Crippen molar-refractivity contribution in [1.82, 2.24) is 10.6 Å². The van der Waals surface area contributed by atoms with E-state index in [4.69, 9.17) is 5.11 Å². The Labute approximate surface area is 83.9 Å². The van der Waals surface area contributed by atoms with Crippen molar-refractivity contribution in [3.63, 3.8) is 0 Å². The summed E-state index contributed by atoms with van der Waals surface area (Å²) in [4.78, 5) is 22.0. The van der Waals surface area contributed by atoms with Gasteiger partial charge in [0.05, 0.1) is 0 Å². The fourth-order valence-corrected chi connectivity index (χ4v) is 1.05. The fraction of sp³-hybridized carbons (Fsp3) is 0.778. The Morgan fingerprint density at radius 1 is 1.43 bits per heavy atom. The number of carboxylic acid groups (broad SMARTS) is 1. The van der Waals surface area contributed by atoms with Crippen molar-refractivity contribution in [1.29, 1.82) is 0 Å². The molecule has 0 aromatic heterocycles. The molecule has 0 aromatic rings. The Hall–Kier alpha value is -1.10. The number of carboxylic acids is 1. The highest BCUT2D eigenvalue weighted by Crippen LogP contribution is 1.96. The lowest BCUT2D eigenvalue weighted by molar-refractivity contribution is -0.142. The van der Waals surface area contributed by atoms with Gasteiger partial charge in [0.25, 0.3) is 0 Å². The zero-order chi connectivity index (χ0) is 11.1. The molecule has 0 fully saturated rings. The molecule has 0 rings (SSSR count). The number of nitrogens with one attached hydrogen (secondary N) is 2. The predicted octanol–water partition coefficient (Wildman–Crippen LogP) is -0.179. The molecule has 5 nitrogen and oxygen atoms in total. The van der Waals surface area contributed by atoms with Gasteiger partial charge in [-0.05, 0) is 13.5 Å². The molecule has 0 heterocycles. The molecule has 0 spiro atoms. The van der Waals surface area contributed by atoms with Crippen molar-refractivity contribution in [3.8, 4) is 0 Å². The number of hydrogen-bond acceptors (Lipinski definition) is 3. The smallest absolute Gasteiger partial charge is 0.326 e. The molecule has 0 saturated heterocycles. The van der Waals surface area contributed by atoms with Gasteiger partial charge in [-0.15, -0.1) is 0 Å². The van der Waals surface area contributed by atoms with E-state index in [-0.39, 0.29) is 11.8 Å². The molecule has 1 amide bonds. The summed E-state index contributed by atoms with van der Waals surface area (Å²) in [5, 5.41) is 14.0. The summed E-state index contributed by atoms with van der Waals surface area (Å²) < 4.78 is 0. The summed E-state index contributed by atoms with van der Waals surface area (Å²) >= 11 is 0. The lowest BCUT2D eigenvalue weighted by atomic mass is 10.1. The van der Waals surface area contributed by atoms with Crippen LogP contribution in [0.5, 0.6) is 0 Å². The number of aliphatic carboxylic acids is 1. The van der Waals surface area contributed by atoms with E-state index in [0.29, 0.717) is 13.0 Å². The lowest BCUT2D eigenvalue weighted by Crippen LogP contribution is -2.44. The first-order chi connectivity index (χ1) is 6.52. The van der Waals surface area contributed by atoms with Gasteiger partial charge in [-0.1, -0.05) is 13.8 Å². The van der Waals surface area contributed by atoms with Gasteiger partial charge in [0, 0.05) is 12.5 Å². The molecule has 0 aromatic carbocycles. The molecule has 82 valence electrons.